The van der Waals surface area contributed by atoms with E-state index in [1.165, 1.54) is 33.3 Å². The third-order valence-corrected chi connectivity index (χ3v) is 11.5. The number of benzene rings is 5. The Bertz CT molecular complexity index is 2670. The molecule has 0 unspecified atom stereocenters. The van der Waals surface area contributed by atoms with E-state index >= 15 is 0 Å². The molecule has 1 aliphatic heterocycles. The summed E-state index contributed by atoms with van der Waals surface area (Å²) < 4.78 is 13.4. The Balaban J connectivity index is 1.16. The summed E-state index contributed by atoms with van der Waals surface area (Å²) in [5.41, 5.74) is 10.3. The van der Waals surface area contributed by atoms with E-state index in [2.05, 4.69) is 184 Å². The number of fused-ring (bicyclic) bond motifs is 5. The van der Waals surface area contributed by atoms with E-state index in [-0.39, 0.29) is 16.2 Å². The number of rotatable bonds is 4. The molecule has 8 aromatic rings. The molecule has 1 aliphatic rings. The van der Waals surface area contributed by atoms with Crippen LogP contribution in [0, 0.1) is 6.33 Å². The Morgan fingerprint density at radius 1 is 0.647 bits per heavy atom. The van der Waals surface area contributed by atoms with Gasteiger partial charge in [0.05, 0.1) is 33.4 Å². The highest BCUT2D eigenvalue weighted by molar-refractivity contribution is 6.09. The maximum atomic E-state index is 6.66. The molecule has 5 aromatic carbocycles. The molecule has 3 aromatic heterocycles. The Morgan fingerprint density at radius 2 is 1.33 bits per heavy atom. The summed E-state index contributed by atoms with van der Waals surface area (Å²) in [4.78, 5) is 4.85. The lowest BCUT2D eigenvalue weighted by Crippen LogP contribution is -2.40. The number of aromatic nitrogens is 4. The van der Waals surface area contributed by atoms with Crippen molar-refractivity contribution in [2.45, 2.75) is 64.7 Å². The minimum atomic E-state index is -0.128. The highest BCUT2D eigenvalue weighted by Crippen LogP contribution is 2.48. The summed E-state index contributed by atoms with van der Waals surface area (Å²) in [6, 6.07) is 43.0. The highest BCUT2D eigenvalue weighted by Gasteiger charge is 2.44. The summed E-state index contributed by atoms with van der Waals surface area (Å²) in [7, 11) is 0. The van der Waals surface area contributed by atoms with Crippen LogP contribution in [-0.2, 0) is 16.2 Å². The van der Waals surface area contributed by atoms with Crippen molar-refractivity contribution >= 4 is 32.8 Å². The second-order valence-electron chi connectivity index (χ2n) is 16.0. The van der Waals surface area contributed by atoms with Gasteiger partial charge in [-0.15, -0.1) is 0 Å². The third-order valence-electron chi connectivity index (χ3n) is 11.5. The molecule has 0 amide bonds. The normalized spacial score (nSPS) is 14.9. The monoisotopic (exact) mass is 666 g/mol. The maximum Gasteiger partial charge on any atom is 0.269 e. The van der Waals surface area contributed by atoms with Gasteiger partial charge < -0.3 is 4.74 Å². The lowest BCUT2D eigenvalue weighted by atomic mass is 9.61. The number of para-hydroxylation sites is 3. The zero-order valence-corrected chi connectivity index (χ0v) is 30.3. The molecule has 51 heavy (non-hydrogen) atoms. The van der Waals surface area contributed by atoms with Gasteiger partial charge >= 0.3 is 0 Å². The van der Waals surface area contributed by atoms with Crippen LogP contribution in [0.1, 0.15) is 65.2 Å². The average molecular weight is 667 g/mol. The standard InChI is InChI=1S/C46H42N4O/c1-44(2,3)30-24-25-47-42(26-30)50-38-19-10-8-16-34(38)35-23-22-33(28-41(35)50)51-32-15-12-14-31(27-32)48-29-49-39-20-11-9-17-36(39)45(4,5)46(6,7)37-18-13-21-40(48)43(37)49/h8-28H,1-7H3. The van der Waals surface area contributed by atoms with Gasteiger partial charge in [-0.25, -0.2) is 4.98 Å². The van der Waals surface area contributed by atoms with E-state index in [4.69, 9.17) is 9.72 Å². The molecule has 9 rings (SSSR count). The molecule has 0 radical (unpaired) electrons. The fourth-order valence-corrected chi connectivity index (χ4v) is 7.99. The van der Waals surface area contributed by atoms with Crippen LogP contribution < -0.4 is 9.30 Å². The first-order valence-corrected chi connectivity index (χ1v) is 17.8. The van der Waals surface area contributed by atoms with Crippen molar-refractivity contribution in [1.29, 1.82) is 0 Å². The second-order valence-corrected chi connectivity index (χ2v) is 16.0. The summed E-state index contributed by atoms with van der Waals surface area (Å²) in [6.45, 7) is 16.2. The molecule has 252 valence electrons. The summed E-state index contributed by atoms with van der Waals surface area (Å²) >= 11 is 0. The number of imidazole rings is 1. The Labute approximate surface area is 299 Å². The molecule has 0 N–H and O–H groups in total. The largest absolute Gasteiger partial charge is 0.458 e. The van der Waals surface area contributed by atoms with Crippen LogP contribution in [0.5, 0.6) is 11.5 Å². The number of nitrogens with zero attached hydrogens (tertiary/aromatic N) is 4. The molecule has 0 fully saturated rings. The predicted molar refractivity (Wildman–Crippen MR) is 207 cm³/mol. The quantitative estimate of drug-likeness (QED) is 0.138. The summed E-state index contributed by atoms with van der Waals surface area (Å²) in [5, 5.41) is 2.35. The number of ether oxygens (including phenoxy) is 1. The molecule has 4 heterocycles. The molecule has 5 nitrogen and oxygen atoms in total. The van der Waals surface area contributed by atoms with Gasteiger partial charge in [-0.3, -0.25) is 13.7 Å². The molecule has 0 saturated carbocycles. The zero-order valence-electron chi connectivity index (χ0n) is 30.3. The molecular weight excluding hydrogens is 625 g/mol. The van der Waals surface area contributed by atoms with Gasteiger partial charge in [0, 0.05) is 23.0 Å². The molecule has 0 saturated heterocycles. The fourth-order valence-electron chi connectivity index (χ4n) is 7.99. The molecule has 0 spiro atoms. The third kappa shape index (κ3) is 4.67. The highest BCUT2D eigenvalue weighted by atomic mass is 16.5. The topological polar surface area (TPSA) is 35.9 Å². The molecule has 0 bridgehead atoms. The lowest BCUT2D eigenvalue weighted by molar-refractivity contribution is -0.573. The molecular formula is C46H42N4O. The maximum absolute atomic E-state index is 6.66. The van der Waals surface area contributed by atoms with Crippen molar-refractivity contribution in [1.82, 2.24) is 14.1 Å². The van der Waals surface area contributed by atoms with Crippen molar-refractivity contribution in [3.8, 4) is 28.7 Å². The van der Waals surface area contributed by atoms with Gasteiger partial charge in [-0.05, 0) is 87.5 Å². The first-order chi connectivity index (χ1) is 24.4. The Morgan fingerprint density at radius 3 is 2.18 bits per heavy atom. The Kier molecular flexibility index (Phi) is 6.70. The lowest BCUT2D eigenvalue weighted by Gasteiger charge is -2.42. The summed E-state index contributed by atoms with van der Waals surface area (Å²) in [6.07, 6.45) is 5.67. The van der Waals surface area contributed by atoms with Crippen LogP contribution in [0.3, 0.4) is 0 Å². The van der Waals surface area contributed by atoms with Crippen LogP contribution in [0.2, 0.25) is 0 Å². The van der Waals surface area contributed by atoms with Gasteiger partial charge in [0.1, 0.15) is 17.3 Å². The first kappa shape index (κ1) is 31.3. The number of pyridine rings is 1. The van der Waals surface area contributed by atoms with Crippen molar-refractivity contribution in [2.24, 2.45) is 0 Å². The van der Waals surface area contributed by atoms with Gasteiger partial charge in [0.2, 0.25) is 0 Å². The first-order valence-electron chi connectivity index (χ1n) is 17.8. The van der Waals surface area contributed by atoms with Crippen LogP contribution in [0.4, 0.5) is 0 Å². The van der Waals surface area contributed by atoms with Crippen molar-refractivity contribution < 1.29 is 9.30 Å². The molecule has 0 atom stereocenters. The molecule has 0 aliphatic carbocycles. The zero-order chi connectivity index (χ0) is 35.3. The fraction of sp³-hybridized carbons (Fsp3) is 0.217. The minimum absolute atomic E-state index is 0.00615. The van der Waals surface area contributed by atoms with Crippen LogP contribution in [-0.4, -0.2) is 14.1 Å². The smallest absolute Gasteiger partial charge is 0.269 e. The van der Waals surface area contributed by atoms with E-state index in [9.17, 15) is 0 Å². The average Bonchev–Trinajstić information content (AvgIpc) is 3.66. The SMILES string of the molecule is CC(C)(C)c1ccnc(-n2c3ccccc3c3ccc(Oc4cccc(-n5[c-][n+]6c7c(cccc75)C(C)(C)C(C)(C)c5ccccc5-6)c4)cc32)c1. The van der Waals surface area contributed by atoms with Gasteiger partial charge in [0.15, 0.2) is 0 Å². The van der Waals surface area contributed by atoms with Gasteiger partial charge in [0.25, 0.3) is 6.33 Å². The minimum Gasteiger partial charge on any atom is -0.458 e. The Hall–Kier alpha value is -5.68. The van der Waals surface area contributed by atoms with E-state index in [0.717, 1.165) is 44.9 Å². The number of hydrogen-bond donors (Lipinski definition) is 0. The van der Waals surface area contributed by atoms with Gasteiger partial charge in [-0.1, -0.05) is 109 Å². The second kappa shape index (κ2) is 10.9. The number of hydrogen-bond acceptors (Lipinski definition) is 2. The van der Waals surface area contributed by atoms with E-state index in [0.29, 0.717) is 0 Å². The molecule has 5 heteroatoms. The van der Waals surface area contributed by atoms with Crippen molar-refractivity contribution in [2.75, 3.05) is 0 Å². The summed E-state index contributed by atoms with van der Waals surface area (Å²) in [5.74, 6) is 2.42. The van der Waals surface area contributed by atoms with E-state index in [1.807, 2.05) is 12.3 Å². The van der Waals surface area contributed by atoms with Crippen LogP contribution >= 0.6 is 0 Å². The van der Waals surface area contributed by atoms with Gasteiger partial charge in [-0.2, -0.15) is 0 Å². The van der Waals surface area contributed by atoms with Crippen LogP contribution in [0.25, 0.3) is 50.0 Å². The van der Waals surface area contributed by atoms with Crippen molar-refractivity contribution in [3.63, 3.8) is 0 Å². The predicted octanol–water partition coefficient (Wildman–Crippen LogP) is 10.9. The van der Waals surface area contributed by atoms with E-state index < -0.39 is 0 Å². The van der Waals surface area contributed by atoms with Crippen molar-refractivity contribution in [3.05, 3.63) is 151 Å². The van der Waals surface area contributed by atoms with Crippen LogP contribution in [0.15, 0.2) is 128 Å². The van der Waals surface area contributed by atoms with E-state index in [1.54, 1.807) is 0 Å².